The van der Waals surface area contributed by atoms with E-state index in [9.17, 15) is 13.7 Å². The SMILES string of the molecule is COc1c(C#N)cnc(-c2ccc(SC)cc2)c1-c1ccc(S(C)(=O)=O)cc1. The van der Waals surface area contributed by atoms with Gasteiger partial charge < -0.3 is 4.74 Å². The Morgan fingerprint density at radius 1 is 1.04 bits per heavy atom. The molecule has 0 atom stereocenters. The zero-order chi connectivity index (χ0) is 20.3. The summed E-state index contributed by atoms with van der Waals surface area (Å²) < 4.78 is 29.1. The van der Waals surface area contributed by atoms with E-state index in [0.717, 1.165) is 16.0 Å². The summed E-state index contributed by atoms with van der Waals surface area (Å²) in [6.07, 6.45) is 4.66. The van der Waals surface area contributed by atoms with E-state index < -0.39 is 9.84 Å². The topological polar surface area (TPSA) is 80.0 Å². The molecule has 5 nitrogen and oxygen atoms in total. The first-order chi connectivity index (χ1) is 13.4. The van der Waals surface area contributed by atoms with Crippen molar-refractivity contribution in [2.45, 2.75) is 9.79 Å². The number of nitrogens with zero attached hydrogens (tertiary/aromatic N) is 2. The quantitative estimate of drug-likeness (QED) is 0.579. The van der Waals surface area contributed by atoms with Gasteiger partial charge in [0.25, 0.3) is 0 Å². The highest BCUT2D eigenvalue weighted by Crippen LogP contribution is 2.40. The van der Waals surface area contributed by atoms with Crippen molar-refractivity contribution in [3.05, 3.63) is 60.3 Å². The van der Waals surface area contributed by atoms with Gasteiger partial charge >= 0.3 is 0 Å². The Morgan fingerprint density at radius 3 is 2.14 bits per heavy atom. The molecular weight excluding hydrogens is 392 g/mol. The second-order valence-corrected chi connectivity index (χ2v) is 8.96. The van der Waals surface area contributed by atoms with E-state index in [0.29, 0.717) is 22.6 Å². The maximum Gasteiger partial charge on any atom is 0.175 e. The van der Waals surface area contributed by atoms with Crippen LogP contribution in [0.2, 0.25) is 0 Å². The molecule has 0 N–H and O–H groups in total. The number of rotatable bonds is 5. The molecule has 28 heavy (non-hydrogen) atoms. The Hall–Kier alpha value is -2.82. The highest BCUT2D eigenvalue weighted by molar-refractivity contribution is 7.98. The number of thioether (sulfide) groups is 1. The lowest BCUT2D eigenvalue weighted by atomic mass is 9.96. The van der Waals surface area contributed by atoms with E-state index in [2.05, 4.69) is 11.1 Å². The van der Waals surface area contributed by atoms with E-state index in [1.807, 2.05) is 30.5 Å². The van der Waals surface area contributed by atoms with Gasteiger partial charge in [0, 0.05) is 22.9 Å². The molecule has 0 bridgehead atoms. The van der Waals surface area contributed by atoms with Gasteiger partial charge in [-0.3, -0.25) is 4.98 Å². The van der Waals surface area contributed by atoms with Gasteiger partial charge in [-0.2, -0.15) is 5.26 Å². The Kier molecular flexibility index (Phi) is 5.73. The van der Waals surface area contributed by atoms with E-state index in [4.69, 9.17) is 4.74 Å². The summed E-state index contributed by atoms with van der Waals surface area (Å²) in [4.78, 5) is 5.86. The zero-order valence-electron chi connectivity index (χ0n) is 15.6. The summed E-state index contributed by atoms with van der Waals surface area (Å²) in [6, 6.07) is 16.5. The third-order valence-corrected chi connectivity index (χ3v) is 6.16. The number of pyridine rings is 1. The molecule has 1 heterocycles. The molecule has 142 valence electrons. The van der Waals surface area contributed by atoms with E-state index >= 15 is 0 Å². The van der Waals surface area contributed by atoms with Crippen molar-refractivity contribution in [3.8, 4) is 34.2 Å². The fraction of sp³-hybridized carbons (Fsp3) is 0.143. The molecule has 0 saturated heterocycles. The molecule has 7 heteroatoms. The lowest BCUT2D eigenvalue weighted by Crippen LogP contribution is -1.99. The molecule has 3 rings (SSSR count). The Balaban J connectivity index is 2.26. The molecule has 0 saturated carbocycles. The van der Waals surface area contributed by atoms with Gasteiger partial charge in [0.15, 0.2) is 9.84 Å². The number of methoxy groups -OCH3 is 1. The number of ether oxygens (including phenoxy) is 1. The van der Waals surface area contributed by atoms with Crippen LogP contribution in [0.3, 0.4) is 0 Å². The van der Waals surface area contributed by atoms with Gasteiger partial charge in [0.2, 0.25) is 0 Å². The average molecular weight is 411 g/mol. The number of aromatic nitrogens is 1. The van der Waals surface area contributed by atoms with Crippen LogP contribution >= 0.6 is 11.8 Å². The minimum absolute atomic E-state index is 0.227. The zero-order valence-corrected chi connectivity index (χ0v) is 17.3. The molecule has 3 aromatic rings. The van der Waals surface area contributed by atoms with Crippen molar-refractivity contribution in [1.29, 1.82) is 5.26 Å². The van der Waals surface area contributed by atoms with Crippen LogP contribution in [-0.2, 0) is 9.84 Å². The van der Waals surface area contributed by atoms with Gasteiger partial charge in [0.1, 0.15) is 17.4 Å². The van der Waals surface area contributed by atoms with Crippen LogP contribution in [-0.4, -0.2) is 33.0 Å². The number of benzene rings is 2. The van der Waals surface area contributed by atoms with Gasteiger partial charge in [0.05, 0.1) is 23.3 Å². The highest BCUT2D eigenvalue weighted by Gasteiger charge is 2.19. The monoisotopic (exact) mass is 410 g/mol. The first kappa shape index (κ1) is 19.9. The summed E-state index contributed by atoms with van der Waals surface area (Å²) in [5, 5.41) is 9.45. The van der Waals surface area contributed by atoms with E-state index in [-0.39, 0.29) is 4.90 Å². The largest absolute Gasteiger partial charge is 0.495 e. The van der Waals surface area contributed by atoms with Crippen molar-refractivity contribution in [1.82, 2.24) is 4.98 Å². The van der Waals surface area contributed by atoms with Crippen LogP contribution in [0.4, 0.5) is 0 Å². The maximum atomic E-state index is 11.8. The molecule has 0 amide bonds. The van der Waals surface area contributed by atoms with Crippen molar-refractivity contribution < 1.29 is 13.2 Å². The van der Waals surface area contributed by atoms with Crippen molar-refractivity contribution in [2.24, 2.45) is 0 Å². The third kappa shape index (κ3) is 3.88. The molecule has 0 spiro atoms. The van der Waals surface area contributed by atoms with Gasteiger partial charge in [-0.25, -0.2) is 8.42 Å². The highest BCUT2D eigenvalue weighted by atomic mass is 32.2. The third-order valence-electron chi connectivity index (χ3n) is 4.29. The predicted molar refractivity (Wildman–Crippen MR) is 111 cm³/mol. The maximum absolute atomic E-state index is 11.8. The Labute approximate surface area is 168 Å². The smallest absolute Gasteiger partial charge is 0.175 e. The molecule has 0 aliphatic carbocycles. The molecule has 0 unspecified atom stereocenters. The van der Waals surface area contributed by atoms with Crippen LogP contribution in [0.25, 0.3) is 22.4 Å². The summed E-state index contributed by atoms with van der Waals surface area (Å²) in [6.45, 7) is 0. The second kappa shape index (κ2) is 8.05. The Bertz CT molecular complexity index is 1150. The van der Waals surface area contributed by atoms with Gasteiger partial charge in [-0.05, 0) is 36.1 Å². The predicted octanol–water partition coefficient (Wildman–Crippen LogP) is 4.42. The summed E-state index contributed by atoms with van der Waals surface area (Å²) in [7, 11) is -1.80. The normalized spacial score (nSPS) is 11.1. The van der Waals surface area contributed by atoms with Crippen molar-refractivity contribution in [3.63, 3.8) is 0 Å². The summed E-state index contributed by atoms with van der Waals surface area (Å²) >= 11 is 1.65. The number of nitriles is 1. The van der Waals surface area contributed by atoms with Gasteiger partial charge in [-0.15, -0.1) is 11.8 Å². The fourth-order valence-electron chi connectivity index (χ4n) is 2.89. The second-order valence-electron chi connectivity index (χ2n) is 6.07. The molecular formula is C21H18N2O3S2. The summed E-state index contributed by atoms with van der Waals surface area (Å²) in [5.74, 6) is 0.411. The first-order valence-electron chi connectivity index (χ1n) is 8.31. The van der Waals surface area contributed by atoms with Crippen LogP contribution in [0.1, 0.15) is 5.56 Å². The minimum atomic E-state index is -3.30. The van der Waals surface area contributed by atoms with Gasteiger partial charge in [-0.1, -0.05) is 24.3 Å². The lowest BCUT2D eigenvalue weighted by molar-refractivity contribution is 0.415. The molecule has 1 aromatic heterocycles. The van der Waals surface area contributed by atoms with E-state index in [1.165, 1.54) is 19.6 Å². The fourth-order valence-corrected chi connectivity index (χ4v) is 3.93. The van der Waals surface area contributed by atoms with Crippen LogP contribution in [0.5, 0.6) is 5.75 Å². The molecule has 0 aliphatic rings. The standard InChI is InChI=1S/C21H18N2O3S2/c1-26-21-16(12-22)13-23-20(15-4-8-17(27-2)9-5-15)19(21)14-6-10-18(11-7-14)28(3,24)25/h4-11,13H,1-3H3. The molecule has 0 aliphatic heterocycles. The van der Waals surface area contributed by atoms with Crippen LogP contribution in [0.15, 0.2) is 64.5 Å². The van der Waals surface area contributed by atoms with Crippen molar-refractivity contribution in [2.75, 3.05) is 19.6 Å². The average Bonchev–Trinajstić information content (AvgIpc) is 2.72. The lowest BCUT2D eigenvalue weighted by Gasteiger charge is -2.15. The van der Waals surface area contributed by atoms with E-state index in [1.54, 1.807) is 36.0 Å². The first-order valence-corrected chi connectivity index (χ1v) is 11.4. The number of hydrogen-bond acceptors (Lipinski definition) is 6. The van der Waals surface area contributed by atoms with Crippen LogP contribution in [0, 0.1) is 11.3 Å². The van der Waals surface area contributed by atoms with Crippen molar-refractivity contribution >= 4 is 21.6 Å². The summed E-state index contributed by atoms with van der Waals surface area (Å²) in [5.41, 5.74) is 3.23. The Morgan fingerprint density at radius 2 is 1.64 bits per heavy atom. The molecule has 0 fully saturated rings. The number of hydrogen-bond donors (Lipinski definition) is 0. The minimum Gasteiger partial charge on any atom is -0.495 e. The molecule has 0 radical (unpaired) electrons. The molecule has 2 aromatic carbocycles. The number of sulfone groups is 1. The van der Waals surface area contributed by atoms with Crippen LogP contribution < -0.4 is 4.74 Å².